The summed E-state index contributed by atoms with van der Waals surface area (Å²) in [6.07, 6.45) is -0.905. The van der Waals surface area contributed by atoms with E-state index in [-0.39, 0.29) is 5.75 Å². The smallest absolute Gasteiger partial charge is 0.317 e. The van der Waals surface area contributed by atoms with E-state index < -0.39 is 18.0 Å². The molecule has 138 valence electrons. The van der Waals surface area contributed by atoms with E-state index >= 15 is 0 Å². The molecule has 2 aromatic rings. The molecule has 26 heavy (non-hydrogen) atoms. The second-order valence-electron chi connectivity index (χ2n) is 5.50. The minimum atomic E-state index is -0.905. The van der Waals surface area contributed by atoms with E-state index in [4.69, 9.17) is 21.1 Å². The summed E-state index contributed by atoms with van der Waals surface area (Å²) < 4.78 is 10.3. The second-order valence-corrected chi connectivity index (χ2v) is 6.95. The number of amides is 1. The fraction of sp³-hybridized carbons (Fsp3) is 0.263. The molecule has 2 aromatic carbocycles. The van der Waals surface area contributed by atoms with Crippen molar-refractivity contribution in [1.29, 1.82) is 0 Å². The molecule has 0 aliphatic carbocycles. The van der Waals surface area contributed by atoms with Crippen molar-refractivity contribution in [1.82, 2.24) is 0 Å². The largest absolute Gasteiger partial charge is 0.497 e. The molecule has 7 heteroatoms. The van der Waals surface area contributed by atoms with Crippen LogP contribution in [0.1, 0.15) is 12.5 Å². The van der Waals surface area contributed by atoms with Crippen LogP contribution in [0.25, 0.3) is 0 Å². The molecule has 0 heterocycles. The summed E-state index contributed by atoms with van der Waals surface area (Å²) >= 11 is 7.36. The number of nitrogens with one attached hydrogen (secondary N) is 1. The van der Waals surface area contributed by atoms with Crippen LogP contribution in [0.15, 0.2) is 47.4 Å². The first-order valence-electron chi connectivity index (χ1n) is 7.93. The monoisotopic (exact) mass is 393 g/mol. The zero-order valence-corrected chi connectivity index (χ0v) is 16.3. The predicted octanol–water partition coefficient (Wildman–Crippen LogP) is 4.32. The summed E-state index contributed by atoms with van der Waals surface area (Å²) in [6, 6.07) is 12.6. The summed E-state index contributed by atoms with van der Waals surface area (Å²) in [5, 5.41) is 3.28. The Balaban J connectivity index is 1.83. The first kappa shape index (κ1) is 20.1. The van der Waals surface area contributed by atoms with E-state index in [0.717, 1.165) is 16.2 Å². The van der Waals surface area contributed by atoms with Crippen molar-refractivity contribution >= 4 is 40.9 Å². The molecule has 1 amide bonds. The van der Waals surface area contributed by atoms with Crippen LogP contribution in [0, 0.1) is 6.92 Å². The minimum absolute atomic E-state index is 0.111. The Morgan fingerprint density at radius 3 is 2.54 bits per heavy atom. The highest BCUT2D eigenvalue weighted by Gasteiger charge is 2.19. The number of esters is 1. The highest BCUT2D eigenvalue weighted by molar-refractivity contribution is 8.00. The molecule has 0 aromatic heterocycles. The highest BCUT2D eigenvalue weighted by Crippen LogP contribution is 2.24. The summed E-state index contributed by atoms with van der Waals surface area (Å²) in [7, 11) is 1.59. The molecule has 0 spiro atoms. The van der Waals surface area contributed by atoms with Crippen LogP contribution in [0.2, 0.25) is 5.02 Å². The summed E-state index contributed by atoms with van der Waals surface area (Å²) in [5.74, 6) is -0.00636. The van der Waals surface area contributed by atoms with Gasteiger partial charge in [-0.15, -0.1) is 11.8 Å². The Labute approximate surface area is 162 Å². The second kappa shape index (κ2) is 9.50. The lowest BCUT2D eigenvalue weighted by Gasteiger charge is -2.15. The molecule has 0 saturated heterocycles. The van der Waals surface area contributed by atoms with E-state index in [1.54, 1.807) is 32.2 Å². The van der Waals surface area contributed by atoms with Gasteiger partial charge in [-0.25, -0.2) is 0 Å². The molecule has 0 aliphatic rings. The maximum Gasteiger partial charge on any atom is 0.317 e. The lowest BCUT2D eigenvalue weighted by atomic mass is 10.2. The number of halogens is 1. The number of ether oxygens (including phenoxy) is 2. The van der Waals surface area contributed by atoms with Crippen LogP contribution in [-0.4, -0.2) is 30.8 Å². The van der Waals surface area contributed by atoms with Gasteiger partial charge in [-0.3, -0.25) is 9.59 Å². The van der Waals surface area contributed by atoms with Gasteiger partial charge in [-0.05, 0) is 55.8 Å². The molecule has 0 radical (unpaired) electrons. The van der Waals surface area contributed by atoms with E-state index in [1.165, 1.54) is 18.7 Å². The molecule has 0 bridgehead atoms. The van der Waals surface area contributed by atoms with E-state index in [2.05, 4.69) is 5.32 Å². The molecule has 1 N–H and O–H groups in total. The Hall–Kier alpha value is -2.18. The van der Waals surface area contributed by atoms with Gasteiger partial charge in [0, 0.05) is 15.6 Å². The predicted molar refractivity (Wildman–Crippen MR) is 104 cm³/mol. The lowest BCUT2D eigenvalue weighted by Crippen LogP contribution is -2.30. The van der Waals surface area contributed by atoms with E-state index in [0.29, 0.717) is 10.7 Å². The van der Waals surface area contributed by atoms with Crippen molar-refractivity contribution in [3.8, 4) is 5.75 Å². The quantitative estimate of drug-likeness (QED) is 0.560. The van der Waals surface area contributed by atoms with Gasteiger partial charge in [-0.2, -0.15) is 0 Å². The third-order valence-corrected chi connectivity index (χ3v) is 5.01. The Kier molecular flexibility index (Phi) is 7.36. The standard InChI is InChI=1S/C19H20ClNO4S/c1-12-16(20)5-4-6-17(12)21-19(23)13(2)25-18(22)11-26-15-9-7-14(24-3)8-10-15/h4-10,13H,11H2,1-3H3,(H,21,23)/t13-/m1/s1. The summed E-state index contributed by atoms with van der Waals surface area (Å²) in [5.41, 5.74) is 1.36. The van der Waals surface area contributed by atoms with Gasteiger partial charge in [-0.1, -0.05) is 17.7 Å². The van der Waals surface area contributed by atoms with Gasteiger partial charge in [0.1, 0.15) is 5.75 Å². The van der Waals surface area contributed by atoms with E-state index in [1.807, 2.05) is 24.3 Å². The van der Waals surface area contributed by atoms with Crippen LogP contribution in [0.5, 0.6) is 5.75 Å². The number of methoxy groups -OCH3 is 1. The first-order valence-corrected chi connectivity index (χ1v) is 9.29. The topological polar surface area (TPSA) is 64.6 Å². The van der Waals surface area contributed by atoms with Gasteiger partial charge >= 0.3 is 5.97 Å². The zero-order chi connectivity index (χ0) is 19.1. The van der Waals surface area contributed by atoms with Crippen LogP contribution in [-0.2, 0) is 14.3 Å². The molecule has 5 nitrogen and oxygen atoms in total. The number of hydrogen-bond donors (Lipinski definition) is 1. The molecule has 0 unspecified atom stereocenters. The fourth-order valence-corrected chi connectivity index (χ4v) is 2.93. The lowest BCUT2D eigenvalue weighted by molar-refractivity contribution is -0.150. The molecule has 0 saturated carbocycles. The number of hydrogen-bond acceptors (Lipinski definition) is 5. The normalized spacial score (nSPS) is 11.5. The average molecular weight is 394 g/mol. The third-order valence-electron chi connectivity index (χ3n) is 3.62. The Morgan fingerprint density at radius 1 is 1.19 bits per heavy atom. The fourth-order valence-electron chi connectivity index (χ4n) is 2.08. The van der Waals surface area contributed by atoms with Crippen molar-refractivity contribution in [3.05, 3.63) is 53.1 Å². The first-order chi connectivity index (χ1) is 12.4. The van der Waals surface area contributed by atoms with Crippen molar-refractivity contribution < 1.29 is 19.1 Å². The van der Waals surface area contributed by atoms with E-state index in [9.17, 15) is 9.59 Å². The summed E-state index contributed by atoms with van der Waals surface area (Å²) in [6.45, 7) is 3.34. The molecule has 2 rings (SSSR count). The van der Waals surface area contributed by atoms with Crippen molar-refractivity contribution in [2.45, 2.75) is 24.8 Å². The number of rotatable bonds is 7. The number of anilines is 1. The van der Waals surface area contributed by atoms with Crippen LogP contribution >= 0.6 is 23.4 Å². The maximum absolute atomic E-state index is 12.2. The van der Waals surface area contributed by atoms with Crippen LogP contribution < -0.4 is 10.1 Å². The highest BCUT2D eigenvalue weighted by atomic mass is 35.5. The van der Waals surface area contributed by atoms with Crippen molar-refractivity contribution in [2.24, 2.45) is 0 Å². The Bertz CT molecular complexity index is 780. The molecule has 1 atom stereocenters. The number of benzene rings is 2. The minimum Gasteiger partial charge on any atom is -0.497 e. The van der Waals surface area contributed by atoms with Crippen molar-refractivity contribution in [3.63, 3.8) is 0 Å². The van der Waals surface area contributed by atoms with Crippen LogP contribution in [0.4, 0.5) is 5.69 Å². The summed E-state index contributed by atoms with van der Waals surface area (Å²) in [4.78, 5) is 25.1. The maximum atomic E-state index is 12.2. The molecule has 0 fully saturated rings. The van der Waals surface area contributed by atoms with Crippen LogP contribution in [0.3, 0.4) is 0 Å². The third kappa shape index (κ3) is 5.68. The SMILES string of the molecule is COc1ccc(SCC(=O)O[C@H](C)C(=O)Nc2cccc(Cl)c2C)cc1. The number of carbonyl (C=O) groups is 2. The zero-order valence-electron chi connectivity index (χ0n) is 14.7. The van der Waals surface area contributed by atoms with Gasteiger partial charge in [0.05, 0.1) is 12.9 Å². The van der Waals surface area contributed by atoms with Gasteiger partial charge in [0.25, 0.3) is 5.91 Å². The number of thioether (sulfide) groups is 1. The van der Waals surface area contributed by atoms with Gasteiger partial charge < -0.3 is 14.8 Å². The Morgan fingerprint density at radius 2 is 1.88 bits per heavy atom. The average Bonchev–Trinajstić information content (AvgIpc) is 2.64. The molecular weight excluding hydrogens is 374 g/mol. The van der Waals surface area contributed by atoms with Gasteiger partial charge in [0.15, 0.2) is 6.10 Å². The van der Waals surface area contributed by atoms with Crippen molar-refractivity contribution in [2.75, 3.05) is 18.2 Å². The van der Waals surface area contributed by atoms with Gasteiger partial charge in [0.2, 0.25) is 0 Å². The molecule has 0 aliphatic heterocycles. The number of carbonyl (C=O) groups excluding carboxylic acids is 2. The molecular formula is C19H20ClNO4S.